The second-order valence-electron chi connectivity index (χ2n) is 4.87. The highest BCUT2D eigenvalue weighted by atomic mass is 16.5. The van der Waals surface area contributed by atoms with Gasteiger partial charge in [0.05, 0.1) is 19.1 Å². The fourth-order valence-electron chi connectivity index (χ4n) is 1.98. The monoisotopic (exact) mass is 309 g/mol. The Kier molecular flexibility index (Phi) is 6.69. The first-order chi connectivity index (χ1) is 10.4. The topological polar surface area (TPSA) is 76.1 Å². The van der Waals surface area contributed by atoms with Crippen molar-refractivity contribution in [3.05, 3.63) is 18.2 Å². The summed E-state index contributed by atoms with van der Waals surface area (Å²) in [5, 5.41) is 9.03. The van der Waals surface area contributed by atoms with Gasteiger partial charge in [-0.15, -0.1) is 0 Å². The van der Waals surface area contributed by atoms with Crippen LogP contribution in [-0.2, 0) is 9.59 Å². The van der Waals surface area contributed by atoms with Gasteiger partial charge in [-0.3, -0.25) is 9.59 Å². The molecule has 0 heterocycles. The molecule has 1 rings (SSSR count). The van der Waals surface area contributed by atoms with Crippen LogP contribution >= 0.6 is 0 Å². The van der Waals surface area contributed by atoms with Crippen LogP contribution in [0.5, 0.6) is 11.5 Å². The number of rotatable bonds is 8. The molecule has 1 unspecified atom stereocenters. The van der Waals surface area contributed by atoms with Crippen molar-refractivity contribution in [2.24, 2.45) is 5.92 Å². The van der Waals surface area contributed by atoms with Crippen LogP contribution in [0.3, 0.4) is 0 Å². The minimum Gasteiger partial charge on any atom is -0.490 e. The molecule has 6 heteroatoms. The Morgan fingerprint density at radius 1 is 1.18 bits per heavy atom. The average molecular weight is 309 g/mol. The van der Waals surface area contributed by atoms with Gasteiger partial charge >= 0.3 is 5.97 Å². The zero-order chi connectivity index (χ0) is 16.7. The first-order valence-electron chi connectivity index (χ1n) is 7.31. The van der Waals surface area contributed by atoms with Crippen molar-refractivity contribution >= 4 is 17.6 Å². The van der Waals surface area contributed by atoms with Gasteiger partial charge in [0.15, 0.2) is 11.5 Å². The van der Waals surface area contributed by atoms with Gasteiger partial charge in [0.2, 0.25) is 5.91 Å². The molecule has 0 bridgehead atoms. The smallest absolute Gasteiger partial charge is 0.308 e. The Hall–Kier alpha value is -2.24. The van der Waals surface area contributed by atoms with E-state index in [2.05, 4.69) is 0 Å². The number of hydrogen-bond acceptors (Lipinski definition) is 4. The van der Waals surface area contributed by atoms with Crippen molar-refractivity contribution in [1.82, 2.24) is 0 Å². The highest BCUT2D eigenvalue weighted by Gasteiger charge is 2.21. The Morgan fingerprint density at radius 2 is 1.77 bits per heavy atom. The van der Waals surface area contributed by atoms with Crippen LogP contribution in [0.2, 0.25) is 0 Å². The fraction of sp³-hybridized carbons (Fsp3) is 0.500. The van der Waals surface area contributed by atoms with Gasteiger partial charge in [0.1, 0.15) is 0 Å². The van der Waals surface area contributed by atoms with Crippen LogP contribution in [0, 0.1) is 5.92 Å². The summed E-state index contributed by atoms with van der Waals surface area (Å²) >= 11 is 0. The molecule has 6 nitrogen and oxygen atoms in total. The highest BCUT2D eigenvalue weighted by Crippen LogP contribution is 2.32. The van der Waals surface area contributed by atoms with Crippen LogP contribution in [0.25, 0.3) is 0 Å². The maximum absolute atomic E-state index is 11.8. The molecule has 0 spiro atoms. The van der Waals surface area contributed by atoms with Crippen LogP contribution in [0.1, 0.15) is 27.7 Å². The van der Waals surface area contributed by atoms with Crippen LogP contribution in [-0.4, -0.2) is 36.7 Å². The van der Waals surface area contributed by atoms with Gasteiger partial charge in [0.25, 0.3) is 0 Å². The number of benzene rings is 1. The van der Waals surface area contributed by atoms with Gasteiger partial charge in [-0.25, -0.2) is 0 Å². The lowest BCUT2D eigenvalue weighted by molar-refractivity contribution is -0.140. The SMILES string of the molecule is CCOc1ccc(N(CC(C)C(=O)O)C(C)=O)cc1OCC. The van der Waals surface area contributed by atoms with E-state index in [1.54, 1.807) is 25.1 Å². The number of anilines is 1. The van der Waals surface area contributed by atoms with Gasteiger partial charge in [0, 0.05) is 25.2 Å². The lowest BCUT2D eigenvalue weighted by atomic mass is 10.1. The zero-order valence-corrected chi connectivity index (χ0v) is 13.5. The van der Waals surface area contributed by atoms with Gasteiger partial charge in [-0.05, 0) is 26.0 Å². The molecule has 0 aliphatic carbocycles. The highest BCUT2D eigenvalue weighted by molar-refractivity contribution is 5.92. The summed E-state index contributed by atoms with van der Waals surface area (Å²) in [6, 6.07) is 5.15. The molecule has 1 N–H and O–H groups in total. The van der Waals surface area contributed by atoms with Gasteiger partial charge < -0.3 is 19.5 Å². The number of ether oxygens (including phenoxy) is 2. The van der Waals surface area contributed by atoms with E-state index in [0.29, 0.717) is 30.4 Å². The average Bonchev–Trinajstić information content (AvgIpc) is 2.46. The molecule has 0 aromatic heterocycles. The zero-order valence-electron chi connectivity index (χ0n) is 13.5. The molecule has 0 aliphatic rings. The standard InChI is InChI=1S/C16H23NO5/c1-5-21-14-8-7-13(9-15(14)22-6-2)17(12(4)18)10-11(3)16(19)20/h7-9,11H,5-6,10H2,1-4H3,(H,19,20). The second-order valence-corrected chi connectivity index (χ2v) is 4.87. The van der Waals surface area contributed by atoms with E-state index in [-0.39, 0.29) is 12.5 Å². The molecule has 0 fully saturated rings. The number of carboxylic acid groups (broad SMARTS) is 1. The first-order valence-corrected chi connectivity index (χ1v) is 7.31. The summed E-state index contributed by atoms with van der Waals surface area (Å²) in [5.41, 5.74) is 0.590. The minimum absolute atomic E-state index is 0.101. The van der Waals surface area contributed by atoms with Gasteiger partial charge in [-0.2, -0.15) is 0 Å². The van der Waals surface area contributed by atoms with Crippen LogP contribution < -0.4 is 14.4 Å². The molecule has 1 atom stereocenters. The predicted octanol–water partition coefficient (Wildman–Crippen LogP) is 2.56. The quantitative estimate of drug-likeness (QED) is 0.798. The summed E-state index contributed by atoms with van der Waals surface area (Å²) < 4.78 is 11.0. The van der Waals surface area contributed by atoms with E-state index in [1.807, 2.05) is 13.8 Å². The molecule has 1 aromatic carbocycles. The largest absolute Gasteiger partial charge is 0.490 e. The molecule has 0 aliphatic heterocycles. The van der Waals surface area contributed by atoms with E-state index in [0.717, 1.165) is 0 Å². The lowest BCUT2D eigenvalue weighted by Gasteiger charge is -2.24. The number of amides is 1. The Labute approximate surface area is 130 Å². The third kappa shape index (κ3) is 4.65. The van der Waals surface area contributed by atoms with E-state index in [1.165, 1.54) is 11.8 Å². The van der Waals surface area contributed by atoms with Crippen LogP contribution in [0.4, 0.5) is 5.69 Å². The maximum Gasteiger partial charge on any atom is 0.308 e. The Balaban J connectivity index is 3.11. The summed E-state index contributed by atoms with van der Waals surface area (Å²) in [7, 11) is 0. The molecule has 0 saturated carbocycles. The number of carbonyl (C=O) groups is 2. The summed E-state index contributed by atoms with van der Waals surface area (Å²) in [4.78, 5) is 24.3. The van der Waals surface area contributed by atoms with E-state index in [4.69, 9.17) is 14.6 Å². The van der Waals surface area contributed by atoms with E-state index in [9.17, 15) is 9.59 Å². The van der Waals surface area contributed by atoms with Crippen molar-refractivity contribution in [3.8, 4) is 11.5 Å². The molecular formula is C16H23NO5. The van der Waals surface area contributed by atoms with Gasteiger partial charge in [-0.1, -0.05) is 6.92 Å². The Bertz CT molecular complexity index is 529. The molecule has 0 radical (unpaired) electrons. The second kappa shape index (κ2) is 8.26. The van der Waals surface area contributed by atoms with E-state index < -0.39 is 11.9 Å². The van der Waals surface area contributed by atoms with Crippen molar-refractivity contribution in [2.75, 3.05) is 24.7 Å². The van der Waals surface area contributed by atoms with Crippen molar-refractivity contribution in [2.45, 2.75) is 27.7 Å². The number of aliphatic carboxylic acids is 1. The number of nitrogens with zero attached hydrogens (tertiary/aromatic N) is 1. The summed E-state index contributed by atoms with van der Waals surface area (Å²) in [5.74, 6) is -0.688. The number of carbonyl (C=O) groups excluding carboxylic acids is 1. The number of carboxylic acids is 1. The molecular weight excluding hydrogens is 286 g/mol. The van der Waals surface area contributed by atoms with Crippen molar-refractivity contribution in [1.29, 1.82) is 0 Å². The summed E-state index contributed by atoms with van der Waals surface area (Å²) in [6.07, 6.45) is 0. The number of hydrogen-bond donors (Lipinski definition) is 1. The molecule has 22 heavy (non-hydrogen) atoms. The van der Waals surface area contributed by atoms with E-state index >= 15 is 0 Å². The summed E-state index contributed by atoms with van der Waals surface area (Å²) in [6.45, 7) is 7.78. The van der Waals surface area contributed by atoms with Crippen LogP contribution in [0.15, 0.2) is 18.2 Å². The molecule has 1 aromatic rings. The fourth-order valence-corrected chi connectivity index (χ4v) is 1.98. The maximum atomic E-state index is 11.8. The first kappa shape index (κ1) is 17.8. The lowest BCUT2D eigenvalue weighted by Crippen LogP contribution is -2.35. The third-order valence-corrected chi connectivity index (χ3v) is 3.10. The molecule has 1 amide bonds. The molecule has 122 valence electrons. The van der Waals surface area contributed by atoms with Crippen molar-refractivity contribution < 1.29 is 24.2 Å². The minimum atomic E-state index is -0.942. The van der Waals surface area contributed by atoms with Crippen molar-refractivity contribution in [3.63, 3.8) is 0 Å². The third-order valence-electron chi connectivity index (χ3n) is 3.10. The molecule has 0 saturated heterocycles. The Morgan fingerprint density at radius 3 is 2.27 bits per heavy atom. The normalized spacial score (nSPS) is 11.6. The predicted molar refractivity (Wildman–Crippen MR) is 83.6 cm³/mol.